The SMILES string of the molecule is CN(C)c1ccc(Nc2cnnc(N3CCc4ccccc4C3)n2)cc1. The zero-order valence-electron chi connectivity index (χ0n) is 15.1. The lowest BCUT2D eigenvalue weighted by molar-refractivity contribution is 0.698. The number of hydrogen-bond acceptors (Lipinski definition) is 6. The second kappa shape index (κ2) is 7.00. The van der Waals surface area contributed by atoms with E-state index in [1.165, 1.54) is 11.1 Å². The molecule has 0 saturated carbocycles. The standard InChI is InChI=1S/C20H22N6/c1-25(2)18-9-7-17(8-10-18)22-19-13-21-24-20(23-19)26-12-11-15-5-3-4-6-16(15)14-26/h3-10,13H,11-12,14H2,1-2H3,(H,22,23,24). The summed E-state index contributed by atoms with van der Waals surface area (Å²) in [5.74, 6) is 1.36. The van der Waals surface area contributed by atoms with Crippen molar-refractivity contribution in [2.75, 3.05) is 35.8 Å². The van der Waals surface area contributed by atoms with E-state index in [9.17, 15) is 0 Å². The normalized spacial score (nSPS) is 13.2. The molecule has 1 aliphatic heterocycles. The fraction of sp³-hybridized carbons (Fsp3) is 0.250. The van der Waals surface area contributed by atoms with Gasteiger partial charge in [-0.3, -0.25) is 0 Å². The van der Waals surface area contributed by atoms with Crippen molar-refractivity contribution in [1.29, 1.82) is 0 Å². The third kappa shape index (κ3) is 3.44. The minimum absolute atomic E-state index is 0.661. The first kappa shape index (κ1) is 16.3. The zero-order chi connectivity index (χ0) is 17.9. The summed E-state index contributed by atoms with van der Waals surface area (Å²) in [4.78, 5) is 8.90. The van der Waals surface area contributed by atoms with Gasteiger partial charge in [-0.25, -0.2) is 0 Å². The van der Waals surface area contributed by atoms with E-state index < -0.39 is 0 Å². The van der Waals surface area contributed by atoms with Crippen LogP contribution in [-0.4, -0.2) is 35.8 Å². The highest BCUT2D eigenvalue weighted by Gasteiger charge is 2.18. The highest BCUT2D eigenvalue weighted by molar-refractivity contribution is 5.60. The lowest BCUT2D eigenvalue weighted by atomic mass is 10.0. The topological polar surface area (TPSA) is 57.2 Å². The molecule has 0 bridgehead atoms. The van der Waals surface area contributed by atoms with Crippen LogP contribution in [0.25, 0.3) is 0 Å². The van der Waals surface area contributed by atoms with Gasteiger partial charge in [-0.15, -0.1) is 5.10 Å². The molecule has 0 radical (unpaired) electrons. The predicted molar refractivity (Wildman–Crippen MR) is 105 cm³/mol. The number of benzene rings is 2. The van der Waals surface area contributed by atoms with Crippen LogP contribution in [0.5, 0.6) is 0 Å². The molecular weight excluding hydrogens is 324 g/mol. The van der Waals surface area contributed by atoms with Crippen molar-refractivity contribution in [2.45, 2.75) is 13.0 Å². The van der Waals surface area contributed by atoms with E-state index in [2.05, 4.69) is 66.7 Å². The first-order chi connectivity index (χ1) is 12.7. The Balaban J connectivity index is 1.50. The summed E-state index contributed by atoms with van der Waals surface area (Å²) in [6.07, 6.45) is 2.66. The Morgan fingerprint density at radius 1 is 1.00 bits per heavy atom. The maximum atomic E-state index is 4.65. The summed E-state index contributed by atoms with van der Waals surface area (Å²) in [5.41, 5.74) is 4.88. The summed E-state index contributed by atoms with van der Waals surface area (Å²) in [6, 6.07) is 16.8. The maximum Gasteiger partial charge on any atom is 0.247 e. The summed E-state index contributed by atoms with van der Waals surface area (Å²) < 4.78 is 0. The predicted octanol–water partition coefficient (Wildman–Crippen LogP) is 3.24. The molecule has 1 N–H and O–H groups in total. The largest absolute Gasteiger partial charge is 0.378 e. The lowest BCUT2D eigenvalue weighted by Crippen LogP contribution is -2.32. The van der Waals surface area contributed by atoms with Crippen molar-refractivity contribution in [1.82, 2.24) is 15.2 Å². The molecule has 0 fully saturated rings. The average molecular weight is 346 g/mol. The van der Waals surface area contributed by atoms with Crippen LogP contribution in [0.3, 0.4) is 0 Å². The van der Waals surface area contributed by atoms with E-state index >= 15 is 0 Å². The first-order valence-corrected chi connectivity index (χ1v) is 8.75. The molecule has 6 heteroatoms. The Bertz CT molecular complexity index is 891. The monoisotopic (exact) mass is 346 g/mol. The molecular formula is C20H22N6. The van der Waals surface area contributed by atoms with Gasteiger partial charge in [0, 0.05) is 38.6 Å². The molecule has 0 atom stereocenters. The van der Waals surface area contributed by atoms with Gasteiger partial charge >= 0.3 is 0 Å². The molecule has 0 unspecified atom stereocenters. The molecule has 3 aromatic rings. The van der Waals surface area contributed by atoms with Crippen molar-refractivity contribution < 1.29 is 0 Å². The Morgan fingerprint density at radius 2 is 1.77 bits per heavy atom. The number of anilines is 4. The highest BCUT2D eigenvalue weighted by atomic mass is 15.3. The molecule has 0 saturated heterocycles. The van der Waals surface area contributed by atoms with Gasteiger partial charge in [-0.1, -0.05) is 24.3 Å². The first-order valence-electron chi connectivity index (χ1n) is 8.75. The van der Waals surface area contributed by atoms with Gasteiger partial charge in [0.15, 0.2) is 5.82 Å². The fourth-order valence-electron chi connectivity index (χ4n) is 3.15. The van der Waals surface area contributed by atoms with Crippen LogP contribution in [0.15, 0.2) is 54.7 Å². The van der Waals surface area contributed by atoms with Crippen LogP contribution >= 0.6 is 0 Å². The van der Waals surface area contributed by atoms with Crippen molar-refractivity contribution in [2.24, 2.45) is 0 Å². The fourth-order valence-corrected chi connectivity index (χ4v) is 3.15. The van der Waals surface area contributed by atoms with E-state index in [4.69, 9.17) is 0 Å². The second-order valence-corrected chi connectivity index (χ2v) is 6.65. The number of nitrogens with zero attached hydrogens (tertiary/aromatic N) is 5. The Morgan fingerprint density at radius 3 is 2.54 bits per heavy atom. The van der Waals surface area contributed by atoms with Crippen molar-refractivity contribution in [3.05, 3.63) is 65.9 Å². The molecule has 1 aliphatic rings. The molecule has 4 rings (SSSR count). The summed E-state index contributed by atoms with van der Waals surface area (Å²) >= 11 is 0. The summed E-state index contributed by atoms with van der Waals surface area (Å²) in [7, 11) is 4.06. The molecule has 2 heterocycles. The molecule has 0 amide bonds. The van der Waals surface area contributed by atoms with Crippen LogP contribution in [0, 0.1) is 0 Å². The Labute approximate surface area is 153 Å². The van der Waals surface area contributed by atoms with Gasteiger partial charge in [0.2, 0.25) is 5.95 Å². The van der Waals surface area contributed by atoms with E-state index in [-0.39, 0.29) is 0 Å². The van der Waals surface area contributed by atoms with Crippen LogP contribution in [0.4, 0.5) is 23.1 Å². The number of rotatable bonds is 4. The van der Waals surface area contributed by atoms with Crippen LogP contribution in [0.2, 0.25) is 0 Å². The smallest absolute Gasteiger partial charge is 0.247 e. The van der Waals surface area contributed by atoms with Gasteiger partial charge in [0.05, 0.1) is 6.20 Å². The molecule has 1 aromatic heterocycles. The van der Waals surface area contributed by atoms with Gasteiger partial charge in [-0.05, 0) is 41.8 Å². The van der Waals surface area contributed by atoms with Gasteiger partial charge in [-0.2, -0.15) is 10.1 Å². The van der Waals surface area contributed by atoms with Gasteiger partial charge < -0.3 is 15.1 Å². The van der Waals surface area contributed by atoms with Crippen LogP contribution in [0.1, 0.15) is 11.1 Å². The zero-order valence-corrected chi connectivity index (χ0v) is 15.1. The van der Waals surface area contributed by atoms with E-state index in [0.717, 1.165) is 30.9 Å². The minimum atomic E-state index is 0.661. The van der Waals surface area contributed by atoms with Crippen molar-refractivity contribution >= 4 is 23.1 Å². The molecule has 0 spiro atoms. The molecule has 0 aliphatic carbocycles. The lowest BCUT2D eigenvalue weighted by Gasteiger charge is -2.28. The number of hydrogen-bond donors (Lipinski definition) is 1. The van der Waals surface area contributed by atoms with E-state index in [1.54, 1.807) is 6.20 Å². The third-order valence-corrected chi connectivity index (χ3v) is 4.62. The van der Waals surface area contributed by atoms with Crippen LogP contribution in [-0.2, 0) is 13.0 Å². The molecule has 6 nitrogen and oxygen atoms in total. The van der Waals surface area contributed by atoms with Crippen molar-refractivity contribution in [3.8, 4) is 0 Å². The molecule has 132 valence electrons. The summed E-state index contributed by atoms with van der Waals surface area (Å²) in [5, 5.41) is 11.7. The number of fused-ring (bicyclic) bond motifs is 1. The number of aromatic nitrogens is 3. The van der Waals surface area contributed by atoms with Gasteiger partial charge in [0.25, 0.3) is 0 Å². The Hall–Kier alpha value is -3.15. The molecule has 2 aromatic carbocycles. The van der Waals surface area contributed by atoms with E-state index in [1.807, 2.05) is 26.2 Å². The van der Waals surface area contributed by atoms with Crippen molar-refractivity contribution in [3.63, 3.8) is 0 Å². The average Bonchev–Trinajstić information content (AvgIpc) is 2.68. The summed E-state index contributed by atoms with van der Waals surface area (Å²) in [6.45, 7) is 1.72. The minimum Gasteiger partial charge on any atom is -0.378 e. The highest BCUT2D eigenvalue weighted by Crippen LogP contribution is 2.23. The quantitative estimate of drug-likeness (QED) is 0.783. The molecule has 26 heavy (non-hydrogen) atoms. The van der Waals surface area contributed by atoms with Gasteiger partial charge in [0.1, 0.15) is 0 Å². The van der Waals surface area contributed by atoms with Crippen LogP contribution < -0.4 is 15.1 Å². The third-order valence-electron chi connectivity index (χ3n) is 4.62. The number of nitrogens with one attached hydrogen (secondary N) is 1. The Kier molecular flexibility index (Phi) is 4.39. The maximum absolute atomic E-state index is 4.65. The second-order valence-electron chi connectivity index (χ2n) is 6.65. The van der Waals surface area contributed by atoms with E-state index in [0.29, 0.717) is 11.8 Å².